The molecule has 0 bridgehead atoms. The summed E-state index contributed by atoms with van der Waals surface area (Å²) in [5.41, 5.74) is -0.545. The van der Waals surface area contributed by atoms with Crippen LogP contribution in [0.2, 0.25) is 0 Å². The minimum Gasteiger partial charge on any atom is -0.458 e. The van der Waals surface area contributed by atoms with Crippen LogP contribution in [0.5, 0.6) is 0 Å². The molecule has 1 aliphatic carbocycles. The number of hydrogen-bond donors (Lipinski definition) is 0. The number of carbonyl (C=O) groups excluding carboxylic acids is 2. The molecule has 0 radical (unpaired) electrons. The second-order valence-corrected chi connectivity index (χ2v) is 6.06. The van der Waals surface area contributed by atoms with Gasteiger partial charge in [-0.1, -0.05) is 13.8 Å². The monoisotopic (exact) mass is 238 g/mol. The Balaban J connectivity index is 2.34. The Hall–Kier alpha value is -0.860. The van der Waals surface area contributed by atoms with Gasteiger partial charge in [0.25, 0.3) is 0 Å². The molecule has 1 aliphatic heterocycles. The number of ketones is 1. The first-order chi connectivity index (χ1) is 7.90. The Kier molecular flexibility index (Phi) is 3.04. The molecule has 3 nitrogen and oxygen atoms in total. The number of Topliss-reactive ketones (excluding diaryl/α,β-unsaturated/α-hetero) is 1. The lowest BCUT2D eigenvalue weighted by Crippen LogP contribution is -2.53. The van der Waals surface area contributed by atoms with Gasteiger partial charge in [-0.3, -0.25) is 4.79 Å². The first-order valence-electron chi connectivity index (χ1n) is 6.61. The van der Waals surface area contributed by atoms with Crippen LogP contribution < -0.4 is 0 Å². The van der Waals surface area contributed by atoms with E-state index in [-0.39, 0.29) is 22.8 Å². The van der Waals surface area contributed by atoms with Crippen LogP contribution in [0, 0.1) is 11.3 Å². The van der Waals surface area contributed by atoms with Crippen molar-refractivity contribution in [2.45, 2.75) is 64.9 Å². The summed E-state index contributed by atoms with van der Waals surface area (Å²) in [6.45, 7) is 5.96. The molecule has 17 heavy (non-hydrogen) atoms. The van der Waals surface area contributed by atoms with Crippen molar-refractivity contribution in [1.29, 1.82) is 0 Å². The van der Waals surface area contributed by atoms with Crippen LogP contribution in [0.3, 0.4) is 0 Å². The van der Waals surface area contributed by atoms with E-state index in [1.807, 2.05) is 0 Å². The molecule has 2 fully saturated rings. The van der Waals surface area contributed by atoms with E-state index in [4.69, 9.17) is 4.74 Å². The van der Waals surface area contributed by atoms with Crippen LogP contribution >= 0.6 is 0 Å². The summed E-state index contributed by atoms with van der Waals surface area (Å²) in [5, 5.41) is 0. The van der Waals surface area contributed by atoms with Gasteiger partial charge in [-0.25, -0.2) is 0 Å². The van der Waals surface area contributed by atoms with Crippen LogP contribution in [0.4, 0.5) is 0 Å². The maximum absolute atomic E-state index is 11.5. The van der Waals surface area contributed by atoms with Crippen molar-refractivity contribution in [3.63, 3.8) is 0 Å². The first-order valence-corrected chi connectivity index (χ1v) is 6.61. The molecule has 1 heterocycles. The number of carbonyl (C=O) groups is 2. The molecule has 0 aromatic heterocycles. The zero-order valence-corrected chi connectivity index (χ0v) is 11.0. The topological polar surface area (TPSA) is 43.4 Å². The molecular weight excluding hydrogens is 216 g/mol. The largest absolute Gasteiger partial charge is 0.458 e. The van der Waals surface area contributed by atoms with Crippen molar-refractivity contribution in [1.82, 2.24) is 0 Å². The fourth-order valence-electron chi connectivity index (χ4n) is 3.80. The van der Waals surface area contributed by atoms with Gasteiger partial charge < -0.3 is 9.53 Å². The zero-order valence-electron chi connectivity index (χ0n) is 11.0. The van der Waals surface area contributed by atoms with Crippen molar-refractivity contribution in [3.8, 4) is 0 Å². The molecule has 1 spiro atoms. The summed E-state index contributed by atoms with van der Waals surface area (Å²) < 4.78 is 5.69. The lowest BCUT2D eigenvalue weighted by Gasteiger charge is -2.52. The van der Waals surface area contributed by atoms with Crippen LogP contribution in [-0.2, 0) is 14.3 Å². The quantitative estimate of drug-likeness (QED) is 0.695. The van der Waals surface area contributed by atoms with Gasteiger partial charge in [0.15, 0.2) is 0 Å². The Morgan fingerprint density at radius 2 is 2.18 bits per heavy atom. The molecule has 96 valence electrons. The second-order valence-electron chi connectivity index (χ2n) is 6.06. The van der Waals surface area contributed by atoms with Crippen molar-refractivity contribution in [2.75, 3.05) is 0 Å². The highest BCUT2D eigenvalue weighted by molar-refractivity contribution is 5.77. The van der Waals surface area contributed by atoms with Gasteiger partial charge >= 0.3 is 5.97 Å². The first kappa shape index (κ1) is 12.6. The SMILES string of the molecule is CC(=O)C[C@]1(C)[C@@H](C)CCC[C@@]12CCC(=O)O2. The Labute approximate surface area is 103 Å². The fraction of sp³-hybridized carbons (Fsp3) is 0.857. The average molecular weight is 238 g/mol. The predicted molar refractivity (Wildman–Crippen MR) is 64.5 cm³/mol. The Bertz CT molecular complexity index is 349. The maximum Gasteiger partial charge on any atom is 0.306 e. The lowest BCUT2D eigenvalue weighted by atomic mass is 9.56. The van der Waals surface area contributed by atoms with E-state index < -0.39 is 0 Å². The number of esters is 1. The summed E-state index contributed by atoms with van der Waals surface area (Å²) in [5.74, 6) is 0.545. The predicted octanol–water partition coefficient (Wildman–Crippen LogP) is 2.87. The molecule has 2 rings (SSSR count). The second kappa shape index (κ2) is 4.11. The smallest absolute Gasteiger partial charge is 0.306 e. The van der Waals surface area contributed by atoms with E-state index in [1.165, 1.54) is 0 Å². The van der Waals surface area contributed by atoms with Gasteiger partial charge in [-0.15, -0.1) is 0 Å². The summed E-state index contributed by atoms with van der Waals surface area (Å²) in [6, 6.07) is 0. The number of hydrogen-bond acceptors (Lipinski definition) is 3. The normalized spacial score (nSPS) is 41.6. The molecule has 1 saturated carbocycles. The highest BCUT2D eigenvalue weighted by atomic mass is 16.6. The molecule has 3 atom stereocenters. The minimum absolute atomic E-state index is 0.0890. The molecule has 0 amide bonds. The van der Waals surface area contributed by atoms with Gasteiger partial charge in [-0.2, -0.15) is 0 Å². The van der Waals surface area contributed by atoms with Gasteiger partial charge in [0, 0.05) is 18.3 Å². The highest BCUT2D eigenvalue weighted by Gasteiger charge is 2.58. The van der Waals surface area contributed by atoms with E-state index >= 15 is 0 Å². The maximum atomic E-state index is 11.5. The third-order valence-electron chi connectivity index (χ3n) is 5.00. The lowest BCUT2D eigenvalue weighted by molar-refractivity contribution is -0.177. The van der Waals surface area contributed by atoms with E-state index in [0.717, 1.165) is 25.7 Å². The van der Waals surface area contributed by atoms with Gasteiger partial charge in [-0.05, 0) is 38.5 Å². The number of ether oxygens (including phenoxy) is 1. The van der Waals surface area contributed by atoms with Gasteiger partial charge in [0.05, 0.1) is 0 Å². The average Bonchev–Trinajstić information content (AvgIpc) is 2.58. The molecule has 3 heteroatoms. The van der Waals surface area contributed by atoms with Crippen molar-refractivity contribution < 1.29 is 14.3 Å². The van der Waals surface area contributed by atoms with Crippen molar-refractivity contribution in [3.05, 3.63) is 0 Å². The van der Waals surface area contributed by atoms with Crippen LogP contribution in [0.1, 0.15) is 59.3 Å². The van der Waals surface area contributed by atoms with E-state index in [9.17, 15) is 9.59 Å². The summed E-state index contributed by atoms with van der Waals surface area (Å²) in [4.78, 5) is 23.0. The number of rotatable bonds is 2. The van der Waals surface area contributed by atoms with Crippen LogP contribution in [0.15, 0.2) is 0 Å². The zero-order chi connectivity index (χ0) is 12.7. The fourth-order valence-corrected chi connectivity index (χ4v) is 3.80. The van der Waals surface area contributed by atoms with Crippen LogP contribution in [0.25, 0.3) is 0 Å². The third kappa shape index (κ3) is 1.90. The van der Waals surface area contributed by atoms with E-state index in [2.05, 4.69) is 13.8 Å². The highest BCUT2D eigenvalue weighted by Crippen LogP contribution is 2.56. The molecule has 0 aromatic rings. The van der Waals surface area contributed by atoms with Crippen molar-refractivity contribution >= 4 is 11.8 Å². The Morgan fingerprint density at radius 3 is 2.71 bits per heavy atom. The molecule has 0 N–H and O–H groups in total. The summed E-state index contributed by atoms with van der Waals surface area (Å²) >= 11 is 0. The molecule has 1 saturated heterocycles. The van der Waals surface area contributed by atoms with Crippen molar-refractivity contribution in [2.24, 2.45) is 11.3 Å². The van der Waals surface area contributed by atoms with E-state index in [0.29, 0.717) is 18.8 Å². The van der Waals surface area contributed by atoms with Gasteiger partial charge in [0.1, 0.15) is 11.4 Å². The molecule has 2 aliphatic rings. The molecule has 0 unspecified atom stereocenters. The standard InChI is InChI=1S/C14H22O3/c1-10-5-4-7-14(8-6-12(16)17-14)13(10,3)9-11(2)15/h10H,4-9H2,1-3H3/t10-,13+,14+/m0/s1. The van der Waals surface area contributed by atoms with Gasteiger partial charge in [0.2, 0.25) is 0 Å². The minimum atomic E-state index is -0.368. The molecule has 0 aromatic carbocycles. The summed E-state index contributed by atoms with van der Waals surface area (Å²) in [7, 11) is 0. The van der Waals surface area contributed by atoms with E-state index in [1.54, 1.807) is 6.92 Å². The third-order valence-corrected chi connectivity index (χ3v) is 5.00. The summed E-state index contributed by atoms with van der Waals surface area (Å²) in [6.07, 6.45) is 4.99. The molecular formula is C14H22O3. The van der Waals surface area contributed by atoms with Crippen LogP contribution in [-0.4, -0.2) is 17.4 Å². The Morgan fingerprint density at radius 1 is 1.47 bits per heavy atom.